The second-order valence-electron chi connectivity index (χ2n) is 3.90. The van der Waals surface area contributed by atoms with Gasteiger partial charge in [0.1, 0.15) is 5.82 Å². The van der Waals surface area contributed by atoms with E-state index in [4.69, 9.17) is 11.6 Å². The monoisotopic (exact) mass is 235 g/mol. The first-order valence-corrected chi connectivity index (χ1v) is 5.89. The molecule has 84 valence electrons. The Morgan fingerprint density at radius 1 is 1.44 bits per heavy atom. The predicted octanol–water partition coefficient (Wildman–Crippen LogP) is 2.86. The van der Waals surface area contributed by atoms with E-state index in [1.165, 1.54) is 25.7 Å². The molecule has 0 aliphatic heterocycles. The molecule has 4 heteroatoms. The van der Waals surface area contributed by atoms with E-state index in [1.54, 1.807) is 13.1 Å². The fourth-order valence-electron chi connectivity index (χ4n) is 1.96. The highest BCUT2D eigenvalue weighted by Crippen LogP contribution is 2.23. The molecule has 0 bridgehead atoms. The van der Waals surface area contributed by atoms with Gasteiger partial charge < -0.3 is 5.32 Å². The van der Waals surface area contributed by atoms with Gasteiger partial charge in [-0.1, -0.05) is 18.8 Å². The summed E-state index contributed by atoms with van der Waals surface area (Å²) in [6.45, 7) is 1.80. The lowest BCUT2D eigenvalue weighted by Gasteiger charge is -2.13. The van der Waals surface area contributed by atoms with E-state index < -0.39 is 0 Å². The van der Waals surface area contributed by atoms with Crippen molar-refractivity contribution in [2.24, 2.45) is 0 Å². The smallest absolute Gasteiger partial charge is 0.224 e. The molecule has 1 N–H and O–H groups in total. The Bertz CT molecular complexity index is 428. The van der Waals surface area contributed by atoms with Crippen molar-refractivity contribution in [3.8, 4) is 11.8 Å². The molecule has 1 saturated carbocycles. The highest BCUT2D eigenvalue weighted by atomic mass is 35.5. The number of nitrogens with zero attached hydrogens (tertiary/aromatic N) is 2. The molecule has 0 saturated heterocycles. The summed E-state index contributed by atoms with van der Waals surface area (Å²) in [5, 5.41) is 3.66. The summed E-state index contributed by atoms with van der Waals surface area (Å²) in [4.78, 5) is 8.14. The van der Waals surface area contributed by atoms with E-state index >= 15 is 0 Å². The Balaban J connectivity index is 2.21. The van der Waals surface area contributed by atoms with E-state index in [0.29, 0.717) is 6.04 Å². The summed E-state index contributed by atoms with van der Waals surface area (Å²) in [5.74, 6) is 6.60. The number of anilines is 1. The molecule has 0 radical (unpaired) electrons. The normalized spacial score (nSPS) is 15.6. The van der Waals surface area contributed by atoms with Gasteiger partial charge in [-0.2, -0.15) is 4.98 Å². The number of aromatic nitrogens is 2. The van der Waals surface area contributed by atoms with E-state index in [9.17, 15) is 0 Å². The van der Waals surface area contributed by atoms with Crippen molar-refractivity contribution >= 4 is 17.4 Å². The molecule has 1 fully saturated rings. The van der Waals surface area contributed by atoms with Gasteiger partial charge in [0, 0.05) is 12.2 Å². The van der Waals surface area contributed by atoms with Crippen LogP contribution in [0.15, 0.2) is 6.20 Å². The van der Waals surface area contributed by atoms with E-state index in [-0.39, 0.29) is 5.28 Å². The molecule has 0 amide bonds. The minimum absolute atomic E-state index is 0.266. The molecule has 1 aliphatic rings. The summed E-state index contributed by atoms with van der Waals surface area (Å²) in [5.41, 5.74) is 0.818. The molecular formula is C12H14ClN3. The Labute approximate surface area is 101 Å². The fraction of sp³-hybridized carbons (Fsp3) is 0.500. The first-order chi connectivity index (χ1) is 7.79. The zero-order valence-electron chi connectivity index (χ0n) is 9.26. The third-order valence-corrected chi connectivity index (χ3v) is 2.90. The van der Waals surface area contributed by atoms with Crippen molar-refractivity contribution in [1.29, 1.82) is 0 Å². The SMILES string of the molecule is CC#Cc1cnc(Cl)nc1NC1CCCC1. The van der Waals surface area contributed by atoms with Gasteiger partial charge in [-0.25, -0.2) is 4.98 Å². The predicted molar refractivity (Wildman–Crippen MR) is 65.5 cm³/mol. The molecule has 2 rings (SSSR count). The number of rotatable bonds is 2. The summed E-state index contributed by atoms with van der Waals surface area (Å²) in [6, 6.07) is 0.503. The standard InChI is InChI=1S/C12H14ClN3/c1-2-5-9-8-14-12(13)16-11(9)15-10-6-3-4-7-10/h8,10H,3-4,6-7H2,1H3,(H,14,15,16). The highest BCUT2D eigenvalue weighted by Gasteiger charge is 2.16. The highest BCUT2D eigenvalue weighted by molar-refractivity contribution is 6.28. The lowest BCUT2D eigenvalue weighted by Crippen LogP contribution is -2.16. The van der Waals surface area contributed by atoms with Crippen molar-refractivity contribution in [2.45, 2.75) is 38.6 Å². The third-order valence-electron chi connectivity index (χ3n) is 2.72. The Hall–Kier alpha value is -1.27. The largest absolute Gasteiger partial charge is 0.366 e. The lowest BCUT2D eigenvalue weighted by molar-refractivity contribution is 0.749. The fourth-order valence-corrected chi connectivity index (χ4v) is 2.09. The topological polar surface area (TPSA) is 37.8 Å². The number of hydrogen-bond donors (Lipinski definition) is 1. The van der Waals surface area contributed by atoms with Crippen LogP contribution in [0.4, 0.5) is 5.82 Å². The van der Waals surface area contributed by atoms with E-state index in [2.05, 4.69) is 27.1 Å². The number of hydrogen-bond acceptors (Lipinski definition) is 3. The molecular weight excluding hydrogens is 222 g/mol. The van der Waals surface area contributed by atoms with Crippen LogP contribution in [0.5, 0.6) is 0 Å². The molecule has 0 atom stereocenters. The van der Waals surface area contributed by atoms with Crippen molar-refractivity contribution < 1.29 is 0 Å². The van der Waals surface area contributed by atoms with Gasteiger partial charge in [0.25, 0.3) is 0 Å². The van der Waals surface area contributed by atoms with Crippen LogP contribution in [0, 0.1) is 11.8 Å². The maximum Gasteiger partial charge on any atom is 0.224 e. The molecule has 0 unspecified atom stereocenters. The molecule has 0 aromatic carbocycles. The van der Waals surface area contributed by atoms with Crippen LogP contribution in [0.25, 0.3) is 0 Å². The zero-order valence-corrected chi connectivity index (χ0v) is 10.0. The van der Waals surface area contributed by atoms with Gasteiger partial charge >= 0.3 is 0 Å². The van der Waals surface area contributed by atoms with Crippen molar-refractivity contribution in [2.75, 3.05) is 5.32 Å². The maximum atomic E-state index is 5.79. The molecule has 16 heavy (non-hydrogen) atoms. The number of halogens is 1. The minimum atomic E-state index is 0.266. The molecule has 3 nitrogen and oxygen atoms in total. The van der Waals surface area contributed by atoms with Crippen LogP contribution in [0.1, 0.15) is 38.2 Å². The van der Waals surface area contributed by atoms with Crippen LogP contribution < -0.4 is 5.32 Å². The second kappa shape index (κ2) is 5.18. The molecule has 0 spiro atoms. The van der Waals surface area contributed by atoms with Crippen molar-refractivity contribution in [1.82, 2.24) is 9.97 Å². The van der Waals surface area contributed by atoms with E-state index in [0.717, 1.165) is 11.4 Å². The first-order valence-electron chi connectivity index (χ1n) is 5.51. The van der Waals surface area contributed by atoms with Crippen LogP contribution in [-0.4, -0.2) is 16.0 Å². The van der Waals surface area contributed by atoms with Gasteiger partial charge in [0.2, 0.25) is 5.28 Å². The second-order valence-corrected chi connectivity index (χ2v) is 4.24. The van der Waals surface area contributed by atoms with Gasteiger partial charge in [-0.05, 0) is 31.4 Å². The summed E-state index contributed by atoms with van der Waals surface area (Å²) in [6.07, 6.45) is 6.63. The Morgan fingerprint density at radius 2 is 2.19 bits per heavy atom. The molecule has 1 heterocycles. The summed E-state index contributed by atoms with van der Waals surface area (Å²) < 4.78 is 0. The van der Waals surface area contributed by atoms with Crippen molar-refractivity contribution in [3.63, 3.8) is 0 Å². The van der Waals surface area contributed by atoms with Crippen LogP contribution in [-0.2, 0) is 0 Å². The van der Waals surface area contributed by atoms with Crippen molar-refractivity contribution in [3.05, 3.63) is 17.0 Å². The quantitative estimate of drug-likeness (QED) is 0.633. The maximum absolute atomic E-state index is 5.79. The van der Waals surface area contributed by atoms with Gasteiger partial charge in [0.05, 0.1) is 5.56 Å². The molecule has 1 aliphatic carbocycles. The summed E-state index contributed by atoms with van der Waals surface area (Å²) in [7, 11) is 0. The van der Waals surface area contributed by atoms with Crippen LogP contribution in [0.3, 0.4) is 0 Å². The average Bonchev–Trinajstić information content (AvgIpc) is 2.75. The zero-order chi connectivity index (χ0) is 11.4. The third kappa shape index (κ3) is 2.65. The average molecular weight is 236 g/mol. The lowest BCUT2D eigenvalue weighted by atomic mass is 10.2. The van der Waals surface area contributed by atoms with Crippen LogP contribution in [0.2, 0.25) is 5.28 Å². The van der Waals surface area contributed by atoms with Gasteiger partial charge in [-0.15, -0.1) is 5.92 Å². The van der Waals surface area contributed by atoms with Gasteiger partial charge in [-0.3, -0.25) is 0 Å². The van der Waals surface area contributed by atoms with Gasteiger partial charge in [0.15, 0.2) is 0 Å². The molecule has 1 aromatic heterocycles. The Morgan fingerprint density at radius 3 is 2.88 bits per heavy atom. The number of nitrogens with one attached hydrogen (secondary N) is 1. The Kier molecular flexibility index (Phi) is 3.63. The van der Waals surface area contributed by atoms with Crippen LogP contribution >= 0.6 is 11.6 Å². The summed E-state index contributed by atoms with van der Waals surface area (Å²) >= 11 is 5.79. The van der Waals surface area contributed by atoms with E-state index in [1.807, 2.05) is 0 Å². The minimum Gasteiger partial charge on any atom is -0.366 e. The first kappa shape index (κ1) is 11.2. The molecule has 1 aromatic rings.